The highest BCUT2D eigenvalue weighted by Gasteiger charge is 2.21. The van der Waals surface area contributed by atoms with Gasteiger partial charge in [-0.05, 0) is 52.7 Å². The molecule has 1 amide bonds. The zero-order valence-electron chi connectivity index (χ0n) is 16.5. The summed E-state index contributed by atoms with van der Waals surface area (Å²) in [7, 11) is 0. The standard InChI is InChI=1S/C22H18BrClN4O3/c1-14-18(13-30-20-5-3-2-4-19(20)24)21(27-31-14)22(29)26-17-8-6-15(7-9-17)11-28-12-16(23)10-25-28/h2-10,12H,11,13H2,1H3,(H,26,29). The van der Waals surface area contributed by atoms with Gasteiger partial charge in [-0.1, -0.05) is 41.0 Å². The van der Waals surface area contributed by atoms with Crippen LogP contribution in [0.15, 0.2) is 69.9 Å². The molecule has 2 aromatic heterocycles. The van der Waals surface area contributed by atoms with Crippen molar-refractivity contribution >= 4 is 39.1 Å². The quantitative estimate of drug-likeness (QED) is 0.363. The summed E-state index contributed by atoms with van der Waals surface area (Å²) < 4.78 is 13.7. The number of hydrogen-bond acceptors (Lipinski definition) is 5. The lowest BCUT2D eigenvalue weighted by Gasteiger charge is -2.09. The van der Waals surface area contributed by atoms with Crippen LogP contribution in [0.3, 0.4) is 0 Å². The van der Waals surface area contributed by atoms with Crippen molar-refractivity contribution in [2.45, 2.75) is 20.1 Å². The fourth-order valence-electron chi connectivity index (χ4n) is 2.95. The first kappa shape index (κ1) is 21.1. The molecule has 1 N–H and O–H groups in total. The molecule has 2 aromatic carbocycles. The average Bonchev–Trinajstić information content (AvgIpc) is 3.34. The second-order valence-electron chi connectivity index (χ2n) is 6.79. The van der Waals surface area contributed by atoms with Crippen molar-refractivity contribution in [1.29, 1.82) is 0 Å². The van der Waals surface area contributed by atoms with Crippen LogP contribution in [0.1, 0.15) is 27.4 Å². The Morgan fingerprint density at radius 3 is 2.71 bits per heavy atom. The Morgan fingerprint density at radius 1 is 1.23 bits per heavy atom. The van der Waals surface area contributed by atoms with E-state index in [1.54, 1.807) is 25.3 Å². The first-order chi connectivity index (χ1) is 15.0. The normalized spacial score (nSPS) is 10.8. The highest BCUT2D eigenvalue weighted by molar-refractivity contribution is 9.10. The van der Waals surface area contributed by atoms with E-state index in [4.69, 9.17) is 20.9 Å². The fraction of sp³-hybridized carbons (Fsp3) is 0.136. The summed E-state index contributed by atoms with van der Waals surface area (Å²) in [4.78, 5) is 12.8. The number of carbonyl (C=O) groups is 1. The molecular formula is C22H18BrClN4O3. The molecule has 4 rings (SSSR count). The highest BCUT2D eigenvalue weighted by atomic mass is 79.9. The average molecular weight is 502 g/mol. The maximum absolute atomic E-state index is 12.8. The van der Waals surface area contributed by atoms with E-state index in [9.17, 15) is 4.79 Å². The van der Waals surface area contributed by atoms with E-state index in [2.05, 4.69) is 31.5 Å². The Bertz CT molecular complexity index is 1200. The predicted molar refractivity (Wildman–Crippen MR) is 120 cm³/mol. The number of nitrogens with one attached hydrogen (secondary N) is 1. The van der Waals surface area contributed by atoms with E-state index in [-0.39, 0.29) is 18.2 Å². The van der Waals surface area contributed by atoms with Gasteiger partial charge in [0, 0.05) is 11.9 Å². The van der Waals surface area contributed by atoms with E-state index in [1.165, 1.54) is 0 Å². The van der Waals surface area contributed by atoms with E-state index in [0.29, 0.717) is 34.3 Å². The van der Waals surface area contributed by atoms with Gasteiger partial charge in [-0.2, -0.15) is 5.10 Å². The minimum Gasteiger partial charge on any atom is -0.487 e. The largest absolute Gasteiger partial charge is 0.487 e. The van der Waals surface area contributed by atoms with Gasteiger partial charge in [0.2, 0.25) is 0 Å². The number of amides is 1. The highest BCUT2D eigenvalue weighted by Crippen LogP contribution is 2.25. The maximum atomic E-state index is 12.8. The summed E-state index contributed by atoms with van der Waals surface area (Å²) in [6.07, 6.45) is 3.64. The summed E-state index contributed by atoms with van der Waals surface area (Å²) in [6.45, 7) is 2.48. The van der Waals surface area contributed by atoms with E-state index in [0.717, 1.165) is 10.0 Å². The van der Waals surface area contributed by atoms with Gasteiger partial charge in [0.25, 0.3) is 5.91 Å². The fourth-order valence-corrected chi connectivity index (χ4v) is 3.47. The van der Waals surface area contributed by atoms with Crippen LogP contribution in [0.5, 0.6) is 5.75 Å². The number of aryl methyl sites for hydroxylation is 1. The molecule has 9 heteroatoms. The third-order valence-corrected chi connectivity index (χ3v) is 5.29. The van der Waals surface area contributed by atoms with Crippen molar-refractivity contribution < 1.29 is 14.1 Å². The van der Waals surface area contributed by atoms with Gasteiger partial charge in [-0.25, -0.2) is 0 Å². The molecule has 158 valence electrons. The Labute approximate surface area is 192 Å². The lowest BCUT2D eigenvalue weighted by Crippen LogP contribution is -2.15. The van der Waals surface area contributed by atoms with Crippen molar-refractivity contribution in [2.75, 3.05) is 5.32 Å². The molecule has 0 spiro atoms. The van der Waals surface area contributed by atoms with Gasteiger partial charge in [0.15, 0.2) is 5.69 Å². The molecule has 31 heavy (non-hydrogen) atoms. The zero-order chi connectivity index (χ0) is 21.8. The Balaban J connectivity index is 1.42. The minimum absolute atomic E-state index is 0.111. The van der Waals surface area contributed by atoms with Gasteiger partial charge in [0.1, 0.15) is 18.1 Å². The first-order valence-electron chi connectivity index (χ1n) is 9.40. The second kappa shape index (κ2) is 9.36. The van der Waals surface area contributed by atoms with Crippen LogP contribution < -0.4 is 10.1 Å². The molecule has 4 aromatic rings. The summed E-state index contributed by atoms with van der Waals surface area (Å²) in [5.41, 5.74) is 2.45. The lowest BCUT2D eigenvalue weighted by molar-refractivity contribution is 0.101. The molecule has 0 saturated heterocycles. The molecular weight excluding hydrogens is 484 g/mol. The maximum Gasteiger partial charge on any atom is 0.278 e. The van der Waals surface area contributed by atoms with Crippen LogP contribution in [0.4, 0.5) is 5.69 Å². The molecule has 0 unspecified atom stereocenters. The lowest BCUT2D eigenvalue weighted by atomic mass is 10.1. The number of nitrogens with zero attached hydrogens (tertiary/aromatic N) is 3. The Morgan fingerprint density at radius 2 is 2.00 bits per heavy atom. The van der Waals surface area contributed by atoms with Crippen LogP contribution in [-0.4, -0.2) is 20.8 Å². The number of para-hydroxylation sites is 1. The number of hydrogen-bond donors (Lipinski definition) is 1. The molecule has 0 aliphatic heterocycles. The van der Waals surface area contributed by atoms with Gasteiger partial charge >= 0.3 is 0 Å². The topological polar surface area (TPSA) is 82.2 Å². The van der Waals surface area contributed by atoms with Crippen LogP contribution in [0.2, 0.25) is 5.02 Å². The predicted octanol–water partition coefficient (Wildman–Crippen LogP) is 5.48. The van der Waals surface area contributed by atoms with Crippen LogP contribution in [0.25, 0.3) is 0 Å². The van der Waals surface area contributed by atoms with Gasteiger partial charge in [-0.3, -0.25) is 9.48 Å². The van der Waals surface area contributed by atoms with Crippen molar-refractivity contribution in [3.05, 3.63) is 93.0 Å². The molecule has 2 heterocycles. The molecule has 0 bridgehead atoms. The SMILES string of the molecule is Cc1onc(C(=O)Nc2ccc(Cn3cc(Br)cn3)cc2)c1COc1ccccc1Cl. The number of rotatable bonds is 7. The zero-order valence-corrected chi connectivity index (χ0v) is 18.9. The van der Waals surface area contributed by atoms with Crippen LogP contribution in [-0.2, 0) is 13.2 Å². The first-order valence-corrected chi connectivity index (χ1v) is 10.6. The number of ether oxygens (including phenoxy) is 1. The number of benzene rings is 2. The monoisotopic (exact) mass is 500 g/mol. The van der Waals surface area contributed by atoms with E-state index in [1.807, 2.05) is 47.3 Å². The smallest absolute Gasteiger partial charge is 0.278 e. The van der Waals surface area contributed by atoms with Gasteiger partial charge in [0.05, 0.1) is 27.8 Å². The van der Waals surface area contributed by atoms with Crippen molar-refractivity contribution in [1.82, 2.24) is 14.9 Å². The molecule has 0 radical (unpaired) electrons. The van der Waals surface area contributed by atoms with E-state index < -0.39 is 0 Å². The number of anilines is 1. The van der Waals surface area contributed by atoms with Crippen LogP contribution in [0, 0.1) is 6.92 Å². The number of halogens is 2. The number of carbonyl (C=O) groups excluding carboxylic acids is 1. The summed E-state index contributed by atoms with van der Waals surface area (Å²) in [5, 5.41) is 11.5. The van der Waals surface area contributed by atoms with Crippen LogP contribution >= 0.6 is 27.5 Å². The molecule has 0 aliphatic carbocycles. The molecule has 0 atom stereocenters. The molecule has 0 saturated carbocycles. The third kappa shape index (κ3) is 5.15. The third-order valence-electron chi connectivity index (χ3n) is 4.57. The Hall–Kier alpha value is -3.10. The summed E-state index contributed by atoms with van der Waals surface area (Å²) in [6, 6.07) is 14.7. The van der Waals surface area contributed by atoms with E-state index >= 15 is 0 Å². The summed E-state index contributed by atoms with van der Waals surface area (Å²) >= 11 is 9.51. The van der Waals surface area contributed by atoms with Gasteiger partial charge in [-0.15, -0.1) is 0 Å². The van der Waals surface area contributed by atoms with Crippen molar-refractivity contribution in [3.63, 3.8) is 0 Å². The van der Waals surface area contributed by atoms with Crippen molar-refractivity contribution in [2.24, 2.45) is 0 Å². The number of aromatic nitrogens is 3. The minimum atomic E-state index is -0.377. The van der Waals surface area contributed by atoms with Crippen molar-refractivity contribution in [3.8, 4) is 5.75 Å². The molecule has 7 nitrogen and oxygen atoms in total. The second-order valence-corrected chi connectivity index (χ2v) is 8.12. The summed E-state index contributed by atoms with van der Waals surface area (Å²) in [5.74, 6) is 0.659. The van der Waals surface area contributed by atoms with Gasteiger partial charge < -0.3 is 14.6 Å². The molecule has 0 aliphatic rings. The Kier molecular flexibility index (Phi) is 6.39. The molecule has 0 fully saturated rings.